The standard InChI is InChI=1S/C16H16ClNO3/c1-10(11-6-8-12(17)9-7-11)18(2)16(21)13-4-3-5-14(19)15(13)20/h3-10,19-20H,1-2H3. The van der Waals surface area contributed by atoms with Crippen molar-refractivity contribution in [1.82, 2.24) is 4.90 Å². The van der Waals surface area contributed by atoms with Crippen molar-refractivity contribution in [3.8, 4) is 11.5 Å². The van der Waals surface area contributed by atoms with E-state index in [1.54, 1.807) is 19.2 Å². The van der Waals surface area contributed by atoms with Gasteiger partial charge >= 0.3 is 0 Å². The summed E-state index contributed by atoms with van der Waals surface area (Å²) in [5.41, 5.74) is 0.994. The Hall–Kier alpha value is -2.20. The van der Waals surface area contributed by atoms with E-state index in [0.29, 0.717) is 5.02 Å². The van der Waals surface area contributed by atoms with Gasteiger partial charge in [-0.2, -0.15) is 0 Å². The molecule has 0 aliphatic carbocycles. The van der Waals surface area contributed by atoms with Crippen LogP contribution in [0.5, 0.6) is 11.5 Å². The van der Waals surface area contributed by atoms with Crippen molar-refractivity contribution in [1.29, 1.82) is 0 Å². The van der Waals surface area contributed by atoms with Crippen LogP contribution in [0.4, 0.5) is 0 Å². The smallest absolute Gasteiger partial charge is 0.258 e. The molecule has 0 saturated carbocycles. The molecule has 0 bridgehead atoms. The fraction of sp³-hybridized carbons (Fsp3) is 0.188. The number of aromatic hydroxyl groups is 2. The van der Waals surface area contributed by atoms with Crippen molar-refractivity contribution in [2.45, 2.75) is 13.0 Å². The molecule has 2 aromatic carbocycles. The normalized spacial score (nSPS) is 12.0. The number of phenolic OH excluding ortho intramolecular Hbond substituents is 2. The number of hydrogen-bond acceptors (Lipinski definition) is 3. The van der Waals surface area contributed by atoms with E-state index in [4.69, 9.17) is 11.6 Å². The Balaban J connectivity index is 2.26. The zero-order valence-electron chi connectivity index (χ0n) is 11.7. The van der Waals surface area contributed by atoms with Gasteiger partial charge in [-0.3, -0.25) is 4.79 Å². The fourth-order valence-corrected chi connectivity index (χ4v) is 2.16. The predicted octanol–water partition coefficient (Wildman–Crippen LogP) is 3.58. The minimum Gasteiger partial charge on any atom is -0.504 e. The molecule has 0 aliphatic rings. The van der Waals surface area contributed by atoms with Crippen LogP contribution < -0.4 is 0 Å². The van der Waals surface area contributed by atoms with E-state index in [0.717, 1.165) is 5.56 Å². The fourth-order valence-electron chi connectivity index (χ4n) is 2.03. The number of carbonyl (C=O) groups is 1. The molecular formula is C16H16ClNO3. The maximum Gasteiger partial charge on any atom is 0.258 e. The van der Waals surface area contributed by atoms with Gasteiger partial charge in [0.15, 0.2) is 11.5 Å². The van der Waals surface area contributed by atoms with Crippen LogP contribution in [0, 0.1) is 0 Å². The monoisotopic (exact) mass is 305 g/mol. The summed E-state index contributed by atoms with van der Waals surface area (Å²) in [7, 11) is 1.64. The van der Waals surface area contributed by atoms with Crippen molar-refractivity contribution in [3.63, 3.8) is 0 Å². The molecule has 1 atom stereocenters. The molecule has 2 rings (SSSR count). The van der Waals surface area contributed by atoms with Crippen molar-refractivity contribution in [2.24, 2.45) is 0 Å². The molecule has 0 aliphatic heterocycles. The van der Waals surface area contributed by atoms with E-state index in [2.05, 4.69) is 0 Å². The summed E-state index contributed by atoms with van der Waals surface area (Å²) in [5.74, 6) is -1.09. The summed E-state index contributed by atoms with van der Waals surface area (Å²) in [4.78, 5) is 13.9. The van der Waals surface area contributed by atoms with Gasteiger partial charge in [0, 0.05) is 12.1 Å². The lowest BCUT2D eigenvalue weighted by Crippen LogP contribution is -2.29. The van der Waals surface area contributed by atoms with E-state index >= 15 is 0 Å². The first-order valence-corrected chi connectivity index (χ1v) is 6.83. The SMILES string of the molecule is CC(c1ccc(Cl)cc1)N(C)C(=O)c1cccc(O)c1O. The highest BCUT2D eigenvalue weighted by molar-refractivity contribution is 6.30. The van der Waals surface area contributed by atoms with Crippen LogP contribution in [-0.4, -0.2) is 28.1 Å². The molecule has 2 N–H and O–H groups in total. The zero-order valence-corrected chi connectivity index (χ0v) is 12.5. The van der Waals surface area contributed by atoms with Gasteiger partial charge < -0.3 is 15.1 Å². The molecule has 1 amide bonds. The molecule has 0 saturated heterocycles. The van der Waals surface area contributed by atoms with E-state index < -0.39 is 5.75 Å². The molecule has 0 spiro atoms. The topological polar surface area (TPSA) is 60.8 Å². The van der Waals surface area contributed by atoms with Crippen molar-refractivity contribution >= 4 is 17.5 Å². The predicted molar refractivity (Wildman–Crippen MR) is 81.7 cm³/mol. The van der Waals surface area contributed by atoms with Gasteiger partial charge in [-0.25, -0.2) is 0 Å². The third-order valence-corrected chi connectivity index (χ3v) is 3.75. The Bertz CT molecular complexity index is 655. The molecule has 110 valence electrons. The van der Waals surface area contributed by atoms with Gasteiger partial charge in [-0.1, -0.05) is 29.8 Å². The maximum atomic E-state index is 12.4. The van der Waals surface area contributed by atoms with Crippen LogP contribution in [0.2, 0.25) is 5.02 Å². The molecule has 4 nitrogen and oxygen atoms in total. The summed E-state index contributed by atoms with van der Waals surface area (Å²) >= 11 is 5.85. The summed E-state index contributed by atoms with van der Waals surface area (Å²) in [6.07, 6.45) is 0. The largest absolute Gasteiger partial charge is 0.504 e. The van der Waals surface area contributed by atoms with E-state index in [9.17, 15) is 15.0 Å². The highest BCUT2D eigenvalue weighted by Crippen LogP contribution is 2.31. The first-order chi connectivity index (χ1) is 9.91. The van der Waals surface area contributed by atoms with E-state index in [-0.39, 0.29) is 23.3 Å². The number of carbonyl (C=O) groups excluding carboxylic acids is 1. The summed E-state index contributed by atoms with van der Waals surface area (Å²) in [5, 5.41) is 19.9. The van der Waals surface area contributed by atoms with Gasteiger partial charge in [0.2, 0.25) is 0 Å². The first-order valence-electron chi connectivity index (χ1n) is 6.45. The highest BCUT2D eigenvalue weighted by Gasteiger charge is 2.22. The Labute approximate surface area is 128 Å². The van der Waals surface area contributed by atoms with Gasteiger partial charge in [0.1, 0.15) is 0 Å². The molecule has 0 radical (unpaired) electrons. The number of halogens is 1. The molecule has 0 heterocycles. The number of benzene rings is 2. The van der Waals surface area contributed by atoms with Gasteiger partial charge in [-0.15, -0.1) is 0 Å². The molecule has 1 unspecified atom stereocenters. The number of rotatable bonds is 3. The Kier molecular flexibility index (Phi) is 4.38. The second-order valence-electron chi connectivity index (χ2n) is 4.82. The van der Waals surface area contributed by atoms with Crippen LogP contribution >= 0.6 is 11.6 Å². The lowest BCUT2D eigenvalue weighted by molar-refractivity contribution is 0.0739. The lowest BCUT2D eigenvalue weighted by atomic mass is 10.1. The second kappa shape index (κ2) is 6.06. The van der Waals surface area contributed by atoms with Crippen molar-refractivity contribution in [3.05, 3.63) is 58.6 Å². The number of nitrogens with zero attached hydrogens (tertiary/aromatic N) is 1. The van der Waals surface area contributed by atoms with Crippen LogP contribution in [0.1, 0.15) is 28.9 Å². The quantitative estimate of drug-likeness (QED) is 0.852. The summed E-state index contributed by atoms with van der Waals surface area (Å²) in [6, 6.07) is 11.3. The average molecular weight is 306 g/mol. The summed E-state index contributed by atoms with van der Waals surface area (Å²) in [6.45, 7) is 1.88. The maximum absolute atomic E-state index is 12.4. The van der Waals surface area contributed by atoms with Crippen molar-refractivity contribution < 1.29 is 15.0 Å². The Morgan fingerprint density at radius 1 is 1.14 bits per heavy atom. The Morgan fingerprint density at radius 2 is 1.76 bits per heavy atom. The van der Waals surface area contributed by atoms with Crippen LogP contribution in [0.15, 0.2) is 42.5 Å². The van der Waals surface area contributed by atoms with Gasteiger partial charge in [0.25, 0.3) is 5.91 Å². The number of amides is 1. The van der Waals surface area contributed by atoms with Gasteiger partial charge in [-0.05, 0) is 36.8 Å². The number of para-hydroxylation sites is 1. The zero-order chi connectivity index (χ0) is 15.6. The molecule has 5 heteroatoms. The molecule has 2 aromatic rings. The average Bonchev–Trinajstić information content (AvgIpc) is 2.48. The third kappa shape index (κ3) is 3.11. The number of phenols is 2. The lowest BCUT2D eigenvalue weighted by Gasteiger charge is -2.25. The highest BCUT2D eigenvalue weighted by atomic mass is 35.5. The van der Waals surface area contributed by atoms with Crippen LogP contribution in [-0.2, 0) is 0 Å². The van der Waals surface area contributed by atoms with E-state index in [1.165, 1.54) is 23.1 Å². The van der Waals surface area contributed by atoms with Gasteiger partial charge in [0.05, 0.1) is 11.6 Å². The molecule has 0 fully saturated rings. The second-order valence-corrected chi connectivity index (χ2v) is 5.25. The summed E-state index contributed by atoms with van der Waals surface area (Å²) < 4.78 is 0. The van der Waals surface area contributed by atoms with E-state index in [1.807, 2.05) is 19.1 Å². The van der Waals surface area contributed by atoms with Crippen LogP contribution in [0.25, 0.3) is 0 Å². The van der Waals surface area contributed by atoms with Crippen molar-refractivity contribution in [2.75, 3.05) is 7.05 Å². The van der Waals surface area contributed by atoms with Crippen LogP contribution in [0.3, 0.4) is 0 Å². The number of hydrogen-bond donors (Lipinski definition) is 2. The minimum atomic E-state index is -0.405. The Morgan fingerprint density at radius 3 is 2.38 bits per heavy atom. The third-order valence-electron chi connectivity index (χ3n) is 3.50. The molecule has 21 heavy (non-hydrogen) atoms. The molecular weight excluding hydrogens is 290 g/mol. The minimum absolute atomic E-state index is 0.0679. The first kappa shape index (κ1) is 15.2. The molecule has 0 aromatic heterocycles.